The molecule has 12 unspecified atom stereocenters. The Morgan fingerprint density at radius 2 is 0.713 bits per heavy atom. The van der Waals surface area contributed by atoms with Crippen molar-refractivity contribution in [3.63, 3.8) is 0 Å². The third-order valence-corrected chi connectivity index (χ3v) is 59.4. The zero-order valence-corrected chi connectivity index (χ0v) is 89.5. The molecule has 9 rings (SSSR count). The molecule has 24 nitrogen and oxygen atoms in total. The van der Waals surface area contributed by atoms with E-state index in [0.717, 1.165) is 254 Å². The third-order valence-electron chi connectivity index (χ3n) is 21.8. The zero-order valence-electron chi connectivity index (χ0n) is 80.5. The molecular weight excluding hydrogens is 2020 g/mol. The van der Waals surface area contributed by atoms with Crippen LogP contribution in [0.25, 0.3) is 0 Å². The molecule has 806 valence electrons. The molecule has 2 amide bonds. The maximum Gasteiger partial charge on any atom is 0.416 e. The fourth-order valence-corrected chi connectivity index (χ4v) is 56.2. The van der Waals surface area contributed by atoms with Crippen molar-refractivity contribution in [2.45, 2.75) is 283 Å². The van der Waals surface area contributed by atoms with Crippen molar-refractivity contribution in [2.24, 2.45) is 0 Å². The smallest absolute Gasteiger partial charge is 0.416 e. The summed E-state index contributed by atoms with van der Waals surface area (Å²) in [5, 5.41) is 3.47. The van der Waals surface area contributed by atoms with E-state index in [9.17, 15) is 106 Å². The first-order valence-electron chi connectivity index (χ1n) is 46.1. The first-order chi connectivity index (χ1) is 63.7. The monoisotopic (exact) mass is 2170 g/mol. The Kier molecular flexibility index (Phi) is 67.6. The van der Waals surface area contributed by atoms with E-state index in [1.54, 1.807) is 6.07 Å². The van der Waals surface area contributed by atoms with Gasteiger partial charge in [-0.3, -0.25) is 4.90 Å². The number of benzene rings is 1. The molecule has 0 aromatic heterocycles. The topological polar surface area (TPSA) is 247 Å². The number of rotatable bonds is 45. The number of alkyl halides is 18. The number of anilines is 1. The number of epoxide rings is 4. The van der Waals surface area contributed by atoms with Gasteiger partial charge in [-0.1, -0.05) is 62.1 Å². The number of carbonyl (C=O) groups excluding carboxylic acids is 2. The van der Waals surface area contributed by atoms with Crippen LogP contribution in [0, 0.1) is 0 Å². The van der Waals surface area contributed by atoms with Gasteiger partial charge in [0.15, 0.2) is 51.5 Å². The molecule has 8 aliphatic heterocycles. The second kappa shape index (κ2) is 69.8. The lowest BCUT2D eigenvalue weighted by atomic mass is 10.3. The number of halogens is 22. The molecule has 8 fully saturated rings. The predicted molar refractivity (Wildman–Crippen MR) is 489 cm³/mol. The standard InChI is InChI=1S/C31H64O10Si4.C24H42FNO5Si3.C16H32FNO5Si2.2C2H2F4O.2C2H2F4.2CH2F2/c1-42(22-10-16-33-25-30-27-36-30)20-7-5-18-38-44(3,40-42)23-11-15-32-13-9-14-35-29-43(2)21-8-6-19-39-45(4,41-43)24-12-17-34-26-31-28-37-31;1-26(24(25)27)21-10-8-11-23(18-21)32(2,3)16-17-33(4)14-7-6-13-30-34(5,31-33)15-9-12-28-19-22-20-29-22;1-24(11-5-7-18-16(17)19)10-4-3-9-22-25(2,23-24)12-6-8-20-13-15-14-21-15;2*3-2(4,5)1-7-6;2*3-1-2(4,5)6;2*2-1-3/h30-31H,5-29H2,1-4H3;8,10-11,18,22H,6-7,9,12-17,19-20H2,1-5H3;15H,3-14H2,1-2H3,(H,18,19);2*1H2;2*1H2;2*1H2. The Bertz CT molecular complexity index is 3130. The Morgan fingerprint density at radius 3 is 1.01 bits per heavy atom. The van der Waals surface area contributed by atoms with Gasteiger partial charge in [0.05, 0.1) is 67.2 Å². The molecule has 1 aromatic rings. The summed E-state index contributed by atoms with van der Waals surface area (Å²) in [6.45, 7) is 26.4. The van der Waals surface area contributed by atoms with Gasteiger partial charge < -0.3 is 86.9 Å². The van der Waals surface area contributed by atoms with Crippen molar-refractivity contribution in [1.29, 1.82) is 0 Å². The number of nitrogens with one attached hydrogen (secondary N) is 1. The van der Waals surface area contributed by atoms with Gasteiger partial charge in [-0.05, 0) is 211 Å². The van der Waals surface area contributed by atoms with Crippen LogP contribution in [0.2, 0.25) is 138 Å². The van der Waals surface area contributed by atoms with Crippen molar-refractivity contribution in [2.75, 3.05) is 191 Å². The number of hydrogen-bond acceptors (Lipinski definition) is 22. The minimum absolute atomic E-state index is 0.308. The summed E-state index contributed by atoms with van der Waals surface area (Å²) in [6.07, 6.45) is -3.52. The zero-order chi connectivity index (χ0) is 103. The van der Waals surface area contributed by atoms with Gasteiger partial charge in [0.25, 0.3) is 0 Å². The molecule has 8 saturated heterocycles. The summed E-state index contributed by atoms with van der Waals surface area (Å²) in [6, 6.07) is 20.7. The molecule has 0 saturated carbocycles. The Labute approximate surface area is 796 Å². The lowest BCUT2D eigenvalue weighted by Crippen LogP contribution is -2.54. The van der Waals surface area contributed by atoms with E-state index in [-0.39, 0.29) is 0 Å². The van der Waals surface area contributed by atoms with Crippen molar-refractivity contribution >= 4 is 98.8 Å². The van der Waals surface area contributed by atoms with Crippen molar-refractivity contribution in [3.8, 4) is 0 Å². The van der Waals surface area contributed by atoms with Gasteiger partial charge in [-0.15, -0.1) is 8.78 Å². The molecule has 8 heterocycles. The quantitative estimate of drug-likeness (QED) is 0.0159. The average molecular weight is 2170 g/mol. The van der Waals surface area contributed by atoms with Gasteiger partial charge in [-0.25, -0.2) is 35.9 Å². The minimum atomic E-state index is -4.62. The molecular formula is C81H150F22N2O22Si9. The molecule has 0 spiro atoms. The van der Waals surface area contributed by atoms with Crippen LogP contribution < -0.4 is 15.4 Å². The number of ether oxygens (including phenoxy) is 10. The lowest BCUT2D eigenvalue weighted by molar-refractivity contribution is -0.245. The maximum atomic E-state index is 13.2. The van der Waals surface area contributed by atoms with Crippen molar-refractivity contribution in [1.82, 2.24) is 5.32 Å². The highest BCUT2D eigenvalue weighted by atomic mass is 28.5. The normalized spacial score (nSPS) is 27.3. The van der Waals surface area contributed by atoms with E-state index < -0.39 is 153 Å². The molecule has 0 bridgehead atoms. The second-order valence-electron chi connectivity index (χ2n) is 36.1. The summed E-state index contributed by atoms with van der Waals surface area (Å²) < 4.78 is 341. The fourth-order valence-electron chi connectivity index (χ4n) is 14.5. The molecule has 55 heteroatoms. The average Bonchev–Trinajstić information content (AvgIpc) is 1.33. The highest BCUT2D eigenvalue weighted by Crippen LogP contribution is 2.38. The van der Waals surface area contributed by atoms with Crippen LogP contribution in [0.5, 0.6) is 0 Å². The van der Waals surface area contributed by atoms with Crippen molar-refractivity contribution in [3.05, 3.63) is 24.3 Å². The van der Waals surface area contributed by atoms with E-state index in [0.29, 0.717) is 63.1 Å². The predicted octanol–water partition coefficient (Wildman–Crippen LogP) is 22.3. The molecule has 1 aromatic carbocycles. The van der Waals surface area contributed by atoms with Crippen LogP contribution in [0.1, 0.15) is 96.3 Å². The van der Waals surface area contributed by atoms with Crippen LogP contribution in [0.4, 0.5) is 112 Å². The SMILES string of the molecule is CN(C(=O)F)c1cccc([Si](C)(C)CC[Si]2(C)CCCCO[Si](C)(CCCOCC3CO3)O2)c1.C[Si]1(CCCNC(=O)F)CCCCO[Si](C)(CCCOCC2CO2)O1.C[Si]1(CCCOCC2CO2)CCCCO[Si](C)(CCCOCCCOC[Si]2(C)CCCCO[Si](C)(CCCOCC3CO3)O2)O1.FCC(F)(F)F.FCC(F)(F)F.FCF.FCF.FOCC(F)(F)F.FOCC(F)(F)F. The van der Waals surface area contributed by atoms with Crippen LogP contribution in [0.3, 0.4) is 0 Å². The summed E-state index contributed by atoms with van der Waals surface area (Å²) in [5.41, 5.74) is 0.611. The van der Waals surface area contributed by atoms with Gasteiger partial charge in [0.1, 0.15) is 24.4 Å². The second-order valence-corrected chi connectivity index (χ2v) is 71.8. The van der Waals surface area contributed by atoms with E-state index in [1.165, 1.54) is 37.2 Å². The molecule has 12 atom stereocenters. The van der Waals surface area contributed by atoms with Crippen LogP contribution >= 0.6 is 0 Å². The molecule has 1 N–H and O–H groups in total. The maximum absolute atomic E-state index is 13.2. The van der Waals surface area contributed by atoms with Gasteiger partial charge in [0, 0.05) is 92.0 Å². The molecule has 8 aliphatic rings. The Balaban J connectivity index is 0.000000894. The van der Waals surface area contributed by atoms with Gasteiger partial charge in [-0.2, -0.15) is 62.6 Å². The number of nitrogens with zero attached hydrogens (tertiary/aromatic N) is 1. The molecule has 0 aliphatic carbocycles. The summed E-state index contributed by atoms with van der Waals surface area (Å²) >= 11 is 0. The fraction of sp³-hybridized carbons (Fsp3) is 0.901. The highest BCUT2D eigenvalue weighted by Gasteiger charge is 2.48. The Hall–Kier alpha value is -2.23. The summed E-state index contributed by atoms with van der Waals surface area (Å²) in [7, 11) is -16.9. The minimum Gasteiger partial charge on any atom is -0.436 e. The van der Waals surface area contributed by atoms with Crippen LogP contribution in [-0.2, 0) is 91.4 Å². The van der Waals surface area contributed by atoms with E-state index >= 15 is 0 Å². The summed E-state index contributed by atoms with van der Waals surface area (Å²) in [4.78, 5) is 27.2. The van der Waals surface area contributed by atoms with E-state index in [4.69, 9.17) is 81.5 Å². The van der Waals surface area contributed by atoms with E-state index in [2.05, 4.69) is 86.7 Å². The van der Waals surface area contributed by atoms with Gasteiger partial charge in [0.2, 0.25) is 22.2 Å². The van der Waals surface area contributed by atoms with Gasteiger partial charge >= 0.3 is 71.3 Å². The van der Waals surface area contributed by atoms with Crippen LogP contribution in [-0.4, -0.2) is 323 Å². The largest absolute Gasteiger partial charge is 0.436 e. The Morgan fingerprint density at radius 1 is 0.419 bits per heavy atom. The number of hydrogen-bond donors (Lipinski definition) is 1. The van der Waals surface area contributed by atoms with Crippen LogP contribution in [0.15, 0.2) is 24.3 Å². The van der Waals surface area contributed by atoms with Crippen molar-refractivity contribution < 1.29 is 198 Å². The summed E-state index contributed by atoms with van der Waals surface area (Å²) in [5.74, 6) is 0. The molecule has 136 heavy (non-hydrogen) atoms. The number of carbonyl (C=O) groups is 2. The first-order valence-corrected chi connectivity index (χ1v) is 70.6. The molecule has 0 radical (unpaired) electrons. The lowest BCUT2D eigenvalue weighted by Gasteiger charge is -2.41. The third kappa shape index (κ3) is 72.1. The first kappa shape index (κ1) is 132. The number of amides is 2. The van der Waals surface area contributed by atoms with E-state index in [1.807, 2.05) is 12.1 Å². The highest BCUT2D eigenvalue weighted by molar-refractivity contribution is 6.92.